The van der Waals surface area contributed by atoms with E-state index in [4.69, 9.17) is 5.73 Å². The van der Waals surface area contributed by atoms with Crippen molar-refractivity contribution in [3.8, 4) is 0 Å². The van der Waals surface area contributed by atoms with Gasteiger partial charge in [-0.1, -0.05) is 35.4 Å². The van der Waals surface area contributed by atoms with Gasteiger partial charge in [0.25, 0.3) is 0 Å². The van der Waals surface area contributed by atoms with Crippen molar-refractivity contribution in [3.63, 3.8) is 0 Å². The molecule has 0 aromatic heterocycles. The number of hydrogen-bond acceptors (Lipinski definition) is 3. The van der Waals surface area contributed by atoms with Crippen LogP contribution >= 0.6 is 21.6 Å². The molecule has 3 heteroatoms. The Hall–Kier alpha value is 0.660. The summed E-state index contributed by atoms with van der Waals surface area (Å²) >= 11 is 0. The van der Waals surface area contributed by atoms with E-state index in [9.17, 15) is 0 Å². The van der Waals surface area contributed by atoms with Crippen LogP contribution in [0.25, 0.3) is 0 Å². The van der Waals surface area contributed by atoms with Crippen LogP contribution in [0.4, 0.5) is 0 Å². The summed E-state index contributed by atoms with van der Waals surface area (Å²) in [6.07, 6.45) is 2.41. The van der Waals surface area contributed by atoms with E-state index in [0.717, 1.165) is 0 Å². The first kappa shape index (κ1) is 10.7. The van der Waals surface area contributed by atoms with E-state index in [0.29, 0.717) is 6.04 Å². The van der Waals surface area contributed by atoms with Crippen LogP contribution in [0.1, 0.15) is 28.1 Å². The molecule has 1 nitrogen and oxygen atoms in total. The fourth-order valence-corrected chi connectivity index (χ4v) is 2.98. The van der Waals surface area contributed by atoms with Gasteiger partial charge in [-0.2, -0.15) is 0 Å². The van der Waals surface area contributed by atoms with Crippen LogP contribution in [-0.2, 0) is 0 Å². The number of hydrogen-bond donors (Lipinski definition) is 1. The Morgan fingerprint density at radius 2 is 1.60 bits per heavy atom. The molecule has 0 aromatic rings. The third-order valence-electron chi connectivity index (χ3n) is 1.23. The zero-order chi connectivity index (χ0) is 7.82. The summed E-state index contributed by atoms with van der Waals surface area (Å²) in [6.45, 7) is 4.00. The van der Waals surface area contributed by atoms with Gasteiger partial charge in [-0.15, -0.1) is 0 Å². The summed E-state index contributed by atoms with van der Waals surface area (Å²) in [5.74, 6) is 2.48. The van der Waals surface area contributed by atoms with Gasteiger partial charge in [0, 0.05) is 19.0 Å². The Morgan fingerprint density at radius 3 is 2.00 bits per heavy atom. The first-order chi connectivity index (χ1) is 4.89. The van der Waals surface area contributed by atoms with Gasteiger partial charge >= 0.3 is 0 Å². The van der Waals surface area contributed by atoms with Crippen molar-refractivity contribution in [1.29, 1.82) is 0 Å². The van der Waals surface area contributed by atoms with Crippen molar-refractivity contribution in [2.75, 3.05) is 11.5 Å². The molecule has 0 radical (unpaired) electrons. The molecule has 1 fully saturated rings. The molecule has 2 N–H and O–H groups in total. The molecule has 10 heavy (non-hydrogen) atoms. The van der Waals surface area contributed by atoms with E-state index in [1.54, 1.807) is 0 Å². The Balaban J connectivity index is 0. The highest BCUT2D eigenvalue weighted by Crippen LogP contribution is 2.27. The molecule has 0 unspecified atom stereocenters. The second-order valence-electron chi connectivity index (χ2n) is 1.98. The highest BCUT2D eigenvalue weighted by Gasteiger charge is 2.06. The van der Waals surface area contributed by atoms with Crippen molar-refractivity contribution in [3.05, 3.63) is 0 Å². The lowest BCUT2D eigenvalue weighted by Crippen LogP contribution is -2.19. The predicted octanol–water partition coefficient (Wildman–Crippen LogP) is 2.76. The third-order valence-corrected chi connectivity index (χ3v) is 3.70. The zero-order valence-corrected chi connectivity index (χ0v) is 8.43. The molecule has 1 heterocycles. The van der Waals surface area contributed by atoms with E-state index in [-0.39, 0.29) is 1.43 Å². The van der Waals surface area contributed by atoms with Gasteiger partial charge in [0.05, 0.1) is 0 Å². The standard InChI is InChI=1S/C5H11NS2.C2H6.H2/c6-5-1-3-7-8-4-2-5;1-2;/h5H,1-4,6H2;1-2H3;1H. The highest BCUT2D eigenvalue weighted by atomic mass is 33.1. The molecule has 64 valence electrons. The molecule has 1 rings (SSSR count). The zero-order valence-electron chi connectivity index (χ0n) is 6.80. The van der Waals surface area contributed by atoms with Crippen molar-refractivity contribution < 1.29 is 1.43 Å². The van der Waals surface area contributed by atoms with Gasteiger partial charge in [-0.3, -0.25) is 0 Å². The summed E-state index contributed by atoms with van der Waals surface area (Å²) < 4.78 is 0. The average molecular weight is 181 g/mol. The first-order valence-electron chi connectivity index (χ1n) is 3.89. The molecular formula is C7H19NS2. The van der Waals surface area contributed by atoms with Crippen LogP contribution in [-0.4, -0.2) is 17.5 Å². The van der Waals surface area contributed by atoms with Crippen molar-refractivity contribution in [1.82, 2.24) is 0 Å². The van der Waals surface area contributed by atoms with Crippen LogP contribution in [0.15, 0.2) is 0 Å². The van der Waals surface area contributed by atoms with Crippen molar-refractivity contribution in [2.24, 2.45) is 5.73 Å². The lowest BCUT2D eigenvalue weighted by molar-refractivity contribution is 0.642. The fraction of sp³-hybridized carbons (Fsp3) is 1.00. The monoisotopic (exact) mass is 181 g/mol. The maximum absolute atomic E-state index is 5.71. The Labute approximate surface area is 73.4 Å². The third kappa shape index (κ3) is 5.45. The molecule has 1 aliphatic heterocycles. The van der Waals surface area contributed by atoms with E-state index in [2.05, 4.69) is 0 Å². The van der Waals surface area contributed by atoms with Crippen LogP contribution in [0.2, 0.25) is 0 Å². The molecule has 0 amide bonds. The van der Waals surface area contributed by atoms with Crippen molar-refractivity contribution in [2.45, 2.75) is 32.7 Å². The van der Waals surface area contributed by atoms with Gasteiger partial charge in [-0.25, -0.2) is 0 Å². The maximum atomic E-state index is 5.71. The lowest BCUT2D eigenvalue weighted by atomic mass is 10.2. The van der Waals surface area contributed by atoms with Gasteiger partial charge < -0.3 is 5.73 Å². The molecule has 0 spiro atoms. The molecule has 1 saturated heterocycles. The summed E-state index contributed by atoms with van der Waals surface area (Å²) in [7, 11) is 3.91. The second kappa shape index (κ2) is 7.76. The van der Waals surface area contributed by atoms with Crippen LogP contribution in [0, 0.1) is 0 Å². The average Bonchev–Trinajstić information content (AvgIpc) is 2.21. The molecule has 1 aliphatic rings. The normalized spacial score (nSPS) is 20.7. The minimum atomic E-state index is 0. The van der Waals surface area contributed by atoms with Gasteiger partial charge in [0.15, 0.2) is 0 Å². The van der Waals surface area contributed by atoms with E-state index in [1.807, 2.05) is 35.4 Å². The second-order valence-corrected chi connectivity index (χ2v) is 4.68. The smallest absolute Gasteiger partial charge is 0.00551 e. The quantitative estimate of drug-likeness (QED) is 0.582. The van der Waals surface area contributed by atoms with Gasteiger partial charge in [0.2, 0.25) is 0 Å². The molecule has 0 bridgehead atoms. The topological polar surface area (TPSA) is 26.0 Å². The molecule has 0 aliphatic carbocycles. The SMILES string of the molecule is CC.NC1CCSSCC1.[HH]. The van der Waals surface area contributed by atoms with Crippen LogP contribution < -0.4 is 5.73 Å². The Morgan fingerprint density at radius 1 is 1.20 bits per heavy atom. The van der Waals surface area contributed by atoms with Crippen LogP contribution in [0.5, 0.6) is 0 Å². The van der Waals surface area contributed by atoms with Gasteiger partial charge in [-0.05, 0) is 12.8 Å². The summed E-state index contributed by atoms with van der Waals surface area (Å²) in [5, 5.41) is 0. The molecule has 0 aromatic carbocycles. The van der Waals surface area contributed by atoms with Gasteiger partial charge in [0.1, 0.15) is 0 Å². The molecule has 0 atom stereocenters. The lowest BCUT2D eigenvalue weighted by Gasteiger charge is -2.02. The first-order valence-corrected chi connectivity index (χ1v) is 6.38. The highest BCUT2D eigenvalue weighted by molar-refractivity contribution is 8.76. The number of rotatable bonds is 0. The fourth-order valence-electron chi connectivity index (χ4n) is 0.661. The van der Waals surface area contributed by atoms with Crippen molar-refractivity contribution >= 4 is 21.6 Å². The maximum Gasteiger partial charge on any atom is 0.00551 e. The molecule has 0 saturated carbocycles. The number of nitrogens with two attached hydrogens (primary N) is 1. The Bertz CT molecular complexity index is 65.5. The van der Waals surface area contributed by atoms with E-state index < -0.39 is 0 Å². The Kier molecular flexibility index (Phi) is 8.28. The van der Waals surface area contributed by atoms with Crippen LogP contribution in [0.3, 0.4) is 0 Å². The molecular weight excluding hydrogens is 162 g/mol. The largest absolute Gasteiger partial charge is 0.328 e. The summed E-state index contributed by atoms with van der Waals surface area (Å²) in [5.41, 5.74) is 5.71. The predicted molar refractivity (Wildman–Crippen MR) is 55.6 cm³/mol. The van der Waals surface area contributed by atoms with E-state index >= 15 is 0 Å². The minimum absolute atomic E-state index is 0. The summed E-state index contributed by atoms with van der Waals surface area (Å²) in [4.78, 5) is 0. The van der Waals surface area contributed by atoms with E-state index in [1.165, 1.54) is 24.3 Å². The minimum Gasteiger partial charge on any atom is -0.328 e. The summed E-state index contributed by atoms with van der Waals surface area (Å²) in [6, 6.07) is 0.484.